The Labute approximate surface area is 359 Å². The van der Waals surface area contributed by atoms with Gasteiger partial charge in [-0.2, -0.15) is 0 Å². The fourth-order valence-electron chi connectivity index (χ4n) is 9.44. The van der Waals surface area contributed by atoms with Crippen molar-refractivity contribution in [1.29, 1.82) is 0 Å². The van der Waals surface area contributed by atoms with Gasteiger partial charge in [-0.3, -0.25) is 0 Å². The van der Waals surface area contributed by atoms with E-state index < -0.39 is 0 Å². The molecule has 0 saturated heterocycles. The van der Waals surface area contributed by atoms with E-state index in [1.807, 2.05) is 11.3 Å². The predicted octanol–water partition coefficient (Wildman–Crippen LogP) is 17.5. The van der Waals surface area contributed by atoms with E-state index in [0.717, 1.165) is 0 Å². The number of rotatable bonds is 6. The first kappa shape index (κ1) is 35.4. The van der Waals surface area contributed by atoms with Crippen LogP contribution in [-0.4, -0.2) is 0 Å². The summed E-state index contributed by atoms with van der Waals surface area (Å²) >= 11 is 1.88. The molecule has 0 aliphatic carbocycles. The molecule has 0 radical (unpaired) electrons. The molecule has 0 aliphatic rings. The summed E-state index contributed by atoms with van der Waals surface area (Å²) < 4.78 is 2.67. The van der Waals surface area contributed by atoms with Gasteiger partial charge in [0.25, 0.3) is 0 Å². The van der Waals surface area contributed by atoms with Gasteiger partial charge in [0, 0.05) is 20.2 Å². The Bertz CT molecular complexity index is 3610. The number of fused-ring (bicyclic) bond motifs is 9. The molecule has 0 fully saturated rings. The Morgan fingerprint density at radius 2 is 0.574 bits per heavy atom. The van der Waals surface area contributed by atoms with Crippen molar-refractivity contribution in [3.63, 3.8) is 0 Å². The number of hydrogen-bond acceptors (Lipinski definition) is 1. The van der Waals surface area contributed by atoms with Gasteiger partial charge < -0.3 is 0 Å². The van der Waals surface area contributed by atoms with Crippen LogP contribution in [0.25, 0.3) is 119 Å². The van der Waals surface area contributed by atoms with Crippen molar-refractivity contribution in [2.75, 3.05) is 0 Å². The minimum Gasteiger partial charge on any atom is -0.135 e. The van der Waals surface area contributed by atoms with E-state index in [2.05, 4.69) is 231 Å². The molecule has 0 unspecified atom stereocenters. The van der Waals surface area contributed by atoms with Crippen LogP contribution in [-0.2, 0) is 0 Å². The molecule has 12 rings (SSSR count). The van der Waals surface area contributed by atoms with Gasteiger partial charge in [0.1, 0.15) is 0 Å². The molecular weight excluding hydrogens is 753 g/mol. The lowest BCUT2D eigenvalue weighted by Crippen LogP contribution is -1.88. The van der Waals surface area contributed by atoms with Crippen LogP contribution in [0.15, 0.2) is 231 Å². The van der Waals surface area contributed by atoms with Gasteiger partial charge in [-0.05, 0) is 148 Å². The third-order valence-electron chi connectivity index (χ3n) is 12.4. The molecule has 0 saturated carbocycles. The third kappa shape index (κ3) is 6.22. The van der Waals surface area contributed by atoms with E-state index in [4.69, 9.17) is 0 Å². The number of hydrogen-bond donors (Lipinski definition) is 0. The summed E-state index contributed by atoms with van der Waals surface area (Å²) in [6.07, 6.45) is 0. The molecule has 0 nitrogen and oxygen atoms in total. The highest BCUT2D eigenvalue weighted by Gasteiger charge is 2.14. The van der Waals surface area contributed by atoms with Gasteiger partial charge >= 0.3 is 0 Å². The van der Waals surface area contributed by atoms with Gasteiger partial charge in [0.15, 0.2) is 0 Å². The number of benzene rings is 11. The lowest BCUT2D eigenvalue weighted by atomic mass is 9.90. The zero-order valence-corrected chi connectivity index (χ0v) is 34.2. The van der Waals surface area contributed by atoms with Crippen molar-refractivity contribution >= 4 is 63.8 Å². The second-order valence-corrected chi connectivity index (χ2v) is 17.1. The molecule has 0 atom stereocenters. The summed E-state index contributed by atoms with van der Waals surface area (Å²) in [4.78, 5) is 0. The van der Waals surface area contributed by atoms with Gasteiger partial charge in [-0.25, -0.2) is 0 Å². The van der Waals surface area contributed by atoms with Crippen molar-refractivity contribution in [2.24, 2.45) is 0 Å². The fourth-order valence-corrected chi connectivity index (χ4v) is 10.7. The molecule has 11 aromatic carbocycles. The predicted molar refractivity (Wildman–Crippen MR) is 264 cm³/mol. The summed E-state index contributed by atoms with van der Waals surface area (Å²) in [5.41, 5.74) is 14.5. The van der Waals surface area contributed by atoms with E-state index >= 15 is 0 Å². The molecule has 0 amide bonds. The molecular formula is C60H38S. The highest BCUT2D eigenvalue weighted by Crippen LogP contribution is 2.42. The summed E-state index contributed by atoms with van der Waals surface area (Å²) in [6, 6.07) is 85.0. The van der Waals surface area contributed by atoms with Crippen LogP contribution in [0.5, 0.6) is 0 Å². The molecule has 1 heterocycles. The normalized spacial score (nSPS) is 11.6. The summed E-state index contributed by atoms with van der Waals surface area (Å²) in [5.74, 6) is 0. The molecule has 0 aliphatic heterocycles. The van der Waals surface area contributed by atoms with Crippen molar-refractivity contribution < 1.29 is 0 Å². The van der Waals surface area contributed by atoms with Gasteiger partial charge in [0.05, 0.1) is 0 Å². The second-order valence-electron chi connectivity index (χ2n) is 16.0. The van der Waals surface area contributed by atoms with Gasteiger partial charge in [0.2, 0.25) is 0 Å². The number of thiophene rings is 1. The third-order valence-corrected chi connectivity index (χ3v) is 13.6. The van der Waals surface area contributed by atoms with Crippen LogP contribution in [0.3, 0.4) is 0 Å². The highest BCUT2D eigenvalue weighted by atomic mass is 32.1. The van der Waals surface area contributed by atoms with Crippen LogP contribution < -0.4 is 0 Å². The van der Waals surface area contributed by atoms with Crippen LogP contribution in [0.2, 0.25) is 0 Å². The van der Waals surface area contributed by atoms with Gasteiger partial charge in [-0.15, -0.1) is 11.3 Å². The Balaban J connectivity index is 0.950. The maximum Gasteiger partial charge on any atom is 0.0433 e. The Kier molecular flexibility index (Phi) is 8.47. The zero-order valence-electron chi connectivity index (χ0n) is 33.3. The van der Waals surface area contributed by atoms with Crippen molar-refractivity contribution in [3.8, 4) is 66.8 Å². The minimum absolute atomic E-state index is 1.19. The minimum atomic E-state index is 1.19. The molecule has 1 heteroatoms. The quantitative estimate of drug-likeness (QED) is 0.147. The van der Waals surface area contributed by atoms with Crippen molar-refractivity contribution in [3.05, 3.63) is 231 Å². The molecule has 284 valence electrons. The SMILES string of the molecule is c1ccc(-c2cc(-c3cccc(-c4cccc(-c5cccc6c5sc5ccccc56)c4)c3)cc(-c3cccc(-c4ccc5c6ccccc6c6ccccc6c5c4)c3)c2)cc1. The maximum atomic E-state index is 2.39. The van der Waals surface area contributed by atoms with E-state index in [0.29, 0.717) is 0 Å². The Morgan fingerprint density at radius 3 is 1.18 bits per heavy atom. The van der Waals surface area contributed by atoms with E-state index in [-0.39, 0.29) is 0 Å². The molecule has 61 heavy (non-hydrogen) atoms. The summed E-state index contributed by atoms with van der Waals surface area (Å²) in [6.45, 7) is 0. The summed E-state index contributed by atoms with van der Waals surface area (Å²) in [5, 5.41) is 10.4. The van der Waals surface area contributed by atoms with E-state index in [9.17, 15) is 0 Å². The molecule has 0 N–H and O–H groups in total. The fraction of sp³-hybridized carbons (Fsp3) is 0. The van der Waals surface area contributed by atoms with E-state index in [1.54, 1.807) is 0 Å². The highest BCUT2D eigenvalue weighted by molar-refractivity contribution is 7.26. The molecule has 0 spiro atoms. The van der Waals surface area contributed by atoms with Crippen LogP contribution in [0.4, 0.5) is 0 Å². The molecule has 1 aromatic heterocycles. The summed E-state index contributed by atoms with van der Waals surface area (Å²) in [7, 11) is 0. The smallest absolute Gasteiger partial charge is 0.0433 e. The largest absolute Gasteiger partial charge is 0.135 e. The standard InChI is InChI=1S/C60H38S/c1-2-14-39(15-3-1)47-35-48(43-19-10-16-40(32-43)42-18-12-21-46(34-42)50-27-13-28-57-56-26-8-9-29-59(56)61-60(50)57)37-49(36-47)44-20-11-17-41(33-44)45-30-31-55-53-24-5-4-22-51(53)52-23-6-7-25-54(52)58(55)38-45/h1-38H. The Hall–Kier alpha value is -7.58. The monoisotopic (exact) mass is 790 g/mol. The first-order chi connectivity index (χ1) is 30.2. The lowest BCUT2D eigenvalue weighted by molar-refractivity contribution is 1.55. The lowest BCUT2D eigenvalue weighted by Gasteiger charge is -2.14. The van der Waals surface area contributed by atoms with Crippen LogP contribution >= 0.6 is 11.3 Å². The first-order valence-electron chi connectivity index (χ1n) is 21.0. The van der Waals surface area contributed by atoms with Gasteiger partial charge in [-0.1, -0.05) is 182 Å². The average Bonchev–Trinajstić information content (AvgIpc) is 3.73. The molecule has 12 aromatic rings. The van der Waals surface area contributed by atoms with Crippen LogP contribution in [0, 0.1) is 0 Å². The van der Waals surface area contributed by atoms with E-state index in [1.165, 1.54) is 119 Å². The Morgan fingerprint density at radius 1 is 0.197 bits per heavy atom. The average molecular weight is 791 g/mol. The van der Waals surface area contributed by atoms with Crippen molar-refractivity contribution in [2.45, 2.75) is 0 Å². The van der Waals surface area contributed by atoms with Crippen molar-refractivity contribution in [1.82, 2.24) is 0 Å². The maximum absolute atomic E-state index is 2.39. The molecule has 0 bridgehead atoms. The van der Waals surface area contributed by atoms with Crippen LogP contribution in [0.1, 0.15) is 0 Å². The zero-order chi connectivity index (χ0) is 40.3. The first-order valence-corrected chi connectivity index (χ1v) is 21.8. The topological polar surface area (TPSA) is 0 Å². The second kappa shape index (κ2) is 14.6.